The van der Waals surface area contributed by atoms with Crippen LogP contribution >= 0.6 is 23.2 Å². The summed E-state index contributed by atoms with van der Waals surface area (Å²) in [6.07, 6.45) is 3.57. The quantitative estimate of drug-likeness (QED) is 0.570. The van der Waals surface area contributed by atoms with Crippen LogP contribution in [0.1, 0.15) is 29.8 Å². The van der Waals surface area contributed by atoms with Gasteiger partial charge < -0.3 is 14.6 Å². The van der Waals surface area contributed by atoms with Gasteiger partial charge in [0, 0.05) is 30.2 Å². The molecule has 7 heteroatoms. The fourth-order valence-corrected chi connectivity index (χ4v) is 3.66. The molecule has 2 aromatic rings. The second-order valence-corrected chi connectivity index (χ2v) is 7.59. The number of carbonyl (C=O) groups excluding carboxylic acids is 1. The average Bonchev–Trinajstić information content (AvgIpc) is 3.28. The fourth-order valence-electron chi connectivity index (χ4n) is 3.37. The number of halogens is 2. The first-order chi connectivity index (χ1) is 13.4. The third kappa shape index (κ3) is 4.41. The van der Waals surface area contributed by atoms with Crippen LogP contribution in [0, 0.1) is 25.2 Å². The van der Waals surface area contributed by atoms with Gasteiger partial charge >= 0.3 is 0 Å². The Kier molecular flexibility index (Phi) is 6.46. The van der Waals surface area contributed by atoms with Crippen LogP contribution in [-0.2, 0) is 9.53 Å². The van der Waals surface area contributed by atoms with Gasteiger partial charge in [-0.1, -0.05) is 23.2 Å². The van der Waals surface area contributed by atoms with Crippen molar-refractivity contribution in [1.82, 2.24) is 9.88 Å². The van der Waals surface area contributed by atoms with Crippen molar-refractivity contribution < 1.29 is 9.53 Å². The lowest BCUT2D eigenvalue weighted by molar-refractivity contribution is -0.117. The van der Waals surface area contributed by atoms with E-state index in [-0.39, 0.29) is 11.7 Å². The highest BCUT2D eigenvalue weighted by molar-refractivity contribution is 6.42. The topological polar surface area (TPSA) is 67.1 Å². The van der Waals surface area contributed by atoms with Gasteiger partial charge in [0.15, 0.2) is 0 Å². The van der Waals surface area contributed by atoms with E-state index in [4.69, 9.17) is 27.9 Å². The molecule has 0 unspecified atom stereocenters. The second kappa shape index (κ2) is 8.83. The van der Waals surface area contributed by atoms with Crippen LogP contribution in [0.15, 0.2) is 29.8 Å². The van der Waals surface area contributed by atoms with Crippen molar-refractivity contribution in [2.75, 3.05) is 13.2 Å². The number of nitriles is 1. The van der Waals surface area contributed by atoms with E-state index in [9.17, 15) is 10.1 Å². The van der Waals surface area contributed by atoms with Crippen molar-refractivity contribution in [3.8, 4) is 11.8 Å². The molecule has 5 nitrogen and oxygen atoms in total. The van der Waals surface area contributed by atoms with Crippen molar-refractivity contribution in [2.24, 2.45) is 0 Å². The maximum atomic E-state index is 12.4. The zero-order valence-electron chi connectivity index (χ0n) is 15.8. The Bertz CT molecular complexity index is 967. The summed E-state index contributed by atoms with van der Waals surface area (Å²) in [5.41, 5.74) is 3.58. The first-order valence-electron chi connectivity index (χ1n) is 9.06. The van der Waals surface area contributed by atoms with Crippen LogP contribution in [0.2, 0.25) is 10.0 Å². The van der Waals surface area contributed by atoms with E-state index in [1.165, 1.54) is 0 Å². The minimum Gasteiger partial charge on any atom is -0.376 e. The summed E-state index contributed by atoms with van der Waals surface area (Å²) in [6.45, 7) is 5.03. The Hall–Kier alpha value is -2.26. The zero-order valence-corrected chi connectivity index (χ0v) is 17.3. The third-order valence-corrected chi connectivity index (χ3v) is 5.55. The van der Waals surface area contributed by atoms with Crippen molar-refractivity contribution in [1.29, 1.82) is 5.26 Å². The summed E-state index contributed by atoms with van der Waals surface area (Å²) in [4.78, 5) is 12.4. The largest absolute Gasteiger partial charge is 0.376 e. The first-order valence-corrected chi connectivity index (χ1v) is 9.82. The molecule has 3 rings (SSSR count). The molecule has 1 aliphatic rings. The summed E-state index contributed by atoms with van der Waals surface area (Å²) >= 11 is 12.2. The lowest BCUT2D eigenvalue weighted by Gasteiger charge is -2.11. The van der Waals surface area contributed by atoms with E-state index in [1.54, 1.807) is 18.2 Å². The van der Waals surface area contributed by atoms with Gasteiger partial charge in [0.05, 0.1) is 16.1 Å². The molecule has 1 aromatic carbocycles. The normalized spacial score (nSPS) is 16.8. The van der Waals surface area contributed by atoms with Crippen LogP contribution in [0.3, 0.4) is 0 Å². The maximum Gasteiger partial charge on any atom is 0.262 e. The number of rotatable bonds is 5. The average molecular weight is 418 g/mol. The standard InChI is InChI=1S/C21H21Cl2N3O2/c1-13-8-15(14(2)26(13)17-5-6-19(22)20(23)10-17)9-16(11-24)21(27)25-12-18-4-3-7-28-18/h5-6,8-10,18H,3-4,7,12H2,1-2H3,(H,25,27)/b16-9+/t18-/m0/s1. The molecule has 1 atom stereocenters. The molecule has 1 aromatic heterocycles. The van der Waals surface area contributed by atoms with E-state index in [2.05, 4.69) is 5.32 Å². The molecule has 2 heterocycles. The molecule has 28 heavy (non-hydrogen) atoms. The molecule has 146 valence electrons. The summed E-state index contributed by atoms with van der Waals surface area (Å²) < 4.78 is 7.51. The number of aromatic nitrogens is 1. The van der Waals surface area contributed by atoms with Gasteiger partial charge in [0.1, 0.15) is 11.6 Å². The molecule has 1 saturated heterocycles. The van der Waals surface area contributed by atoms with Crippen molar-refractivity contribution in [3.05, 3.63) is 56.8 Å². The van der Waals surface area contributed by atoms with Gasteiger partial charge in [-0.05, 0) is 62.6 Å². The molecule has 1 amide bonds. The second-order valence-electron chi connectivity index (χ2n) is 6.78. The van der Waals surface area contributed by atoms with Crippen molar-refractivity contribution in [3.63, 3.8) is 0 Å². The monoisotopic (exact) mass is 417 g/mol. The Morgan fingerprint density at radius 2 is 2.14 bits per heavy atom. The Morgan fingerprint density at radius 1 is 1.36 bits per heavy atom. The van der Waals surface area contributed by atoms with Crippen LogP contribution in [0.4, 0.5) is 0 Å². The summed E-state index contributed by atoms with van der Waals surface area (Å²) in [5, 5.41) is 13.2. The Balaban J connectivity index is 1.84. The molecule has 0 saturated carbocycles. The predicted molar refractivity (Wildman–Crippen MR) is 111 cm³/mol. The van der Waals surface area contributed by atoms with Crippen LogP contribution in [0.25, 0.3) is 11.8 Å². The minimum absolute atomic E-state index is 0.0311. The van der Waals surface area contributed by atoms with E-state index in [0.717, 1.165) is 42.1 Å². The third-order valence-electron chi connectivity index (χ3n) is 4.81. The summed E-state index contributed by atoms with van der Waals surface area (Å²) in [7, 11) is 0. The van der Waals surface area contributed by atoms with E-state index in [1.807, 2.05) is 36.6 Å². The Labute approximate surface area is 174 Å². The number of hydrogen-bond donors (Lipinski definition) is 1. The molecule has 0 aliphatic carbocycles. The van der Waals surface area contributed by atoms with Gasteiger partial charge in [-0.15, -0.1) is 0 Å². The van der Waals surface area contributed by atoms with E-state index >= 15 is 0 Å². The van der Waals surface area contributed by atoms with Crippen LogP contribution in [0.5, 0.6) is 0 Å². The number of hydrogen-bond acceptors (Lipinski definition) is 3. The van der Waals surface area contributed by atoms with Gasteiger partial charge in [0.2, 0.25) is 0 Å². The van der Waals surface area contributed by atoms with Crippen LogP contribution < -0.4 is 5.32 Å². The number of nitrogens with one attached hydrogen (secondary N) is 1. The highest BCUT2D eigenvalue weighted by Gasteiger charge is 2.18. The lowest BCUT2D eigenvalue weighted by atomic mass is 10.1. The van der Waals surface area contributed by atoms with Gasteiger partial charge in [0.25, 0.3) is 5.91 Å². The van der Waals surface area contributed by atoms with Crippen molar-refractivity contribution in [2.45, 2.75) is 32.8 Å². The van der Waals surface area contributed by atoms with E-state index < -0.39 is 5.91 Å². The number of ether oxygens (including phenoxy) is 1. The van der Waals surface area contributed by atoms with Crippen LogP contribution in [-0.4, -0.2) is 29.7 Å². The molecule has 0 radical (unpaired) electrons. The van der Waals surface area contributed by atoms with E-state index in [0.29, 0.717) is 16.6 Å². The maximum absolute atomic E-state index is 12.4. The van der Waals surface area contributed by atoms with Crippen molar-refractivity contribution >= 4 is 35.2 Å². The SMILES string of the molecule is Cc1cc(/C=C(\C#N)C(=O)NC[C@@H]2CCCO2)c(C)n1-c1ccc(Cl)c(Cl)c1. The predicted octanol–water partition coefficient (Wildman–Crippen LogP) is 4.60. The molecule has 0 spiro atoms. The fraction of sp³-hybridized carbons (Fsp3) is 0.333. The summed E-state index contributed by atoms with van der Waals surface area (Å²) in [6, 6.07) is 9.34. The highest BCUT2D eigenvalue weighted by Crippen LogP contribution is 2.28. The number of aryl methyl sites for hydroxylation is 1. The van der Waals surface area contributed by atoms with Gasteiger partial charge in [-0.25, -0.2) is 0 Å². The Morgan fingerprint density at radius 3 is 2.79 bits per heavy atom. The molecular weight excluding hydrogens is 397 g/mol. The summed E-state index contributed by atoms with van der Waals surface area (Å²) in [5.74, 6) is -0.391. The molecule has 1 aliphatic heterocycles. The molecular formula is C21H21Cl2N3O2. The number of benzene rings is 1. The van der Waals surface area contributed by atoms with Gasteiger partial charge in [-0.3, -0.25) is 4.79 Å². The molecule has 1 N–H and O–H groups in total. The van der Waals surface area contributed by atoms with Gasteiger partial charge in [-0.2, -0.15) is 5.26 Å². The molecule has 1 fully saturated rings. The highest BCUT2D eigenvalue weighted by atomic mass is 35.5. The number of carbonyl (C=O) groups is 1. The number of amides is 1. The molecule has 0 bridgehead atoms. The minimum atomic E-state index is -0.391. The first kappa shape index (κ1) is 20.5. The lowest BCUT2D eigenvalue weighted by Crippen LogP contribution is -2.32. The zero-order chi connectivity index (χ0) is 20.3. The smallest absolute Gasteiger partial charge is 0.262 e. The number of nitrogens with zero attached hydrogens (tertiary/aromatic N) is 2.